The van der Waals surface area contributed by atoms with Gasteiger partial charge in [0.05, 0.1) is 5.56 Å². The van der Waals surface area contributed by atoms with E-state index in [0.29, 0.717) is 12.0 Å². The number of carbonyl (C=O) groups excluding carboxylic acids is 3. The third kappa shape index (κ3) is 3.01. The maximum absolute atomic E-state index is 13.5. The van der Waals surface area contributed by atoms with Crippen LogP contribution in [0.2, 0.25) is 0 Å². The fourth-order valence-electron chi connectivity index (χ4n) is 2.49. The monoisotopic (exact) mass is 327 g/mol. The average Bonchev–Trinajstić information content (AvgIpc) is 2.82. The number of nitrogens with zero attached hydrogens (tertiary/aromatic N) is 2. The van der Waals surface area contributed by atoms with Crippen molar-refractivity contribution in [3.8, 4) is 0 Å². The molecule has 122 valence electrons. The van der Waals surface area contributed by atoms with Gasteiger partial charge in [0.15, 0.2) is 0 Å². The highest BCUT2D eigenvalue weighted by Gasteiger charge is 2.37. The van der Waals surface area contributed by atoms with Gasteiger partial charge in [0.2, 0.25) is 5.91 Å². The van der Waals surface area contributed by atoms with Crippen molar-refractivity contribution in [2.24, 2.45) is 0 Å². The molecule has 0 spiro atoms. The molecule has 0 unspecified atom stereocenters. The molecule has 1 aliphatic heterocycles. The lowest BCUT2D eigenvalue weighted by atomic mass is 10.1. The summed E-state index contributed by atoms with van der Waals surface area (Å²) in [6.07, 6.45) is 1.74. The van der Waals surface area contributed by atoms with Gasteiger partial charge in [-0.3, -0.25) is 24.3 Å². The van der Waals surface area contributed by atoms with Gasteiger partial charge in [-0.25, -0.2) is 4.39 Å². The molecule has 1 N–H and O–H groups in total. The van der Waals surface area contributed by atoms with E-state index in [9.17, 15) is 18.8 Å². The lowest BCUT2D eigenvalue weighted by Gasteiger charge is -2.13. The van der Waals surface area contributed by atoms with Crippen LogP contribution in [0, 0.1) is 5.82 Å². The lowest BCUT2D eigenvalue weighted by Crippen LogP contribution is -2.41. The standard InChI is InChI=1S/C17H14FN3O3/c18-13-6-2-1-4-11(13)7-9-19-14(22)10-21-16(23)12-5-3-8-20-15(12)17(21)24/h1-6,8H,7,9-10H2,(H,19,22). The zero-order valence-corrected chi connectivity index (χ0v) is 12.7. The van der Waals surface area contributed by atoms with Crippen molar-refractivity contribution in [2.75, 3.05) is 13.1 Å². The first-order chi connectivity index (χ1) is 11.6. The summed E-state index contributed by atoms with van der Waals surface area (Å²) < 4.78 is 13.5. The van der Waals surface area contributed by atoms with Gasteiger partial charge in [-0.05, 0) is 30.2 Å². The van der Waals surface area contributed by atoms with Crippen molar-refractivity contribution in [2.45, 2.75) is 6.42 Å². The third-order valence-electron chi connectivity index (χ3n) is 3.71. The highest BCUT2D eigenvalue weighted by atomic mass is 19.1. The molecule has 24 heavy (non-hydrogen) atoms. The van der Waals surface area contributed by atoms with Crippen LogP contribution in [0.5, 0.6) is 0 Å². The molecule has 0 atom stereocenters. The number of aromatic nitrogens is 1. The average molecular weight is 327 g/mol. The maximum Gasteiger partial charge on any atom is 0.280 e. The Morgan fingerprint density at radius 1 is 1.12 bits per heavy atom. The Balaban J connectivity index is 1.56. The van der Waals surface area contributed by atoms with Crippen LogP contribution in [0.1, 0.15) is 26.4 Å². The van der Waals surface area contributed by atoms with E-state index >= 15 is 0 Å². The van der Waals surface area contributed by atoms with Gasteiger partial charge < -0.3 is 5.32 Å². The minimum Gasteiger partial charge on any atom is -0.354 e. The molecule has 0 saturated carbocycles. The highest BCUT2D eigenvalue weighted by Crippen LogP contribution is 2.19. The van der Waals surface area contributed by atoms with Crippen LogP contribution in [0.3, 0.4) is 0 Å². The van der Waals surface area contributed by atoms with Gasteiger partial charge in [-0.2, -0.15) is 0 Å². The van der Waals surface area contributed by atoms with E-state index < -0.39 is 17.7 Å². The van der Waals surface area contributed by atoms with E-state index in [1.54, 1.807) is 24.3 Å². The minimum atomic E-state index is -0.583. The number of hydrogen-bond acceptors (Lipinski definition) is 4. The highest BCUT2D eigenvalue weighted by molar-refractivity contribution is 6.21. The Labute approximate surface area is 137 Å². The van der Waals surface area contributed by atoms with Crippen molar-refractivity contribution in [3.05, 3.63) is 65.2 Å². The van der Waals surface area contributed by atoms with E-state index in [2.05, 4.69) is 10.3 Å². The number of hydrogen-bond donors (Lipinski definition) is 1. The molecule has 1 aromatic heterocycles. The first-order valence-corrected chi connectivity index (χ1v) is 7.39. The number of fused-ring (bicyclic) bond motifs is 1. The van der Waals surface area contributed by atoms with E-state index in [0.717, 1.165) is 4.90 Å². The topological polar surface area (TPSA) is 79.4 Å². The molecule has 3 amide bonds. The summed E-state index contributed by atoms with van der Waals surface area (Å²) >= 11 is 0. The molecule has 0 fully saturated rings. The predicted octanol–water partition coefficient (Wildman–Crippen LogP) is 1.18. The third-order valence-corrected chi connectivity index (χ3v) is 3.71. The lowest BCUT2D eigenvalue weighted by molar-refractivity contribution is -0.121. The molecule has 0 bridgehead atoms. The van der Waals surface area contributed by atoms with Gasteiger partial charge in [-0.15, -0.1) is 0 Å². The number of rotatable bonds is 5. The summed E-state index contributed by atoms with van der Waals surface area (Å²) in [7, 11) is 0. The second-order valence-electron chi connectivity index (χ2n) is 5.29. The van der Waals surface area contributed by atoms with E-state index in [1.165, 1.54) is 18.3 Å². The van der Waals surface area contributed by atoms with Crippen LogP contribution < -0.4 is 5.32 Å². The van der Waals surface area contributed by atoms with Crippen LogP contribution in [0.25, 0.3) is 0 Å². The van der Waals surface area contributed by atoms with E-state index in [-0.39, 0.29) is 30.2 Å². The number of imide groups is 1. The first-order valence-electron chi connectivity index (χ1n) is 7.39. The fraction of sp³-hybridized carbons (Fsp3) is 0.176. The molecule has 0 aliphatic carbocycles. The predicted molar refractivity (Wildman–Crippen MR) is 82.7 cm³/mol. The molecule has 1 aromatic carbocycles. The summed E-state index contributed by atoms with van der Waals surface area (Å²) in [5.74, 6) is -1.94. The summed E-state index contributed by atoms with van der Waals surface area (Å²) in [6.45, 7) is -0.174. The van der Waals surface area contributed by atoms with Crippen molar-refractivity contribution >= 4 is 17.7 Å². The molecule has 7 heteroatoms. The Morgan fingerprint density at radius 3 is 2.67 bits per heavy atom. The van der Waals surface area contributed by atoms with Crippen molar-refractivity contribution in [1.82, 2.24) is 15.2 Å². The normalized spacial score (nSPS) is 13.1. The second-order valence-corrected chi connectivity index (χ2v) is 5.29. The number of carbonyl (C=O) groups is 3. The van der Waals surface area contributed by atoms with Crippen molar-refractivity contribution in [3.63, 3.8) is 0 Å². The number of nitrogens with one attached hydrogen (secondary N) is 1. The van der Waals surface area contributed by atoms with Crippen LogP contribution >= 0.6 is 0 Å². The summed E-state index contributed by atoms with van der Waals surface area (Å²) in [5.41, 5.74) is 0.742. The Hall–Kier alpha value is -3.09. The molecule has 2 heterocycles. The van der Waals surface area contributed by atoms with Gasteiger partial charge in [0, 0.05) is 12.7 Å². The Bertz CT molecular complexity index is 787. The SMILES string of the molecule is O=C(CN1C(=O)c2cccnc2C1=O)NCCc1ccccc1F. The smallest absolute Gasteiger partial charge is 0.280 e. The molecule has 6 nitrogen and oxygen atoms in total. The van der Waals surface area contributed by atoms with Gasteiger partial charge in [-0.1, -0.05) is 18.2 Å². The first kappa shape index (κ1) is 15.8. The van der Waals surface area contributed by atoms with Crippen LogP contribution in [0.4, 0.5) is 4.39 Å². The van der Waals surface area contributed by atoms with Crippen LogP contribution in [-0.2, 0) is 11.2 Å². The molecule has 2 aromatic rings. The fourth-order valence-corrected chi connectivity index (χ4v) is 2.49. The summed E-state index contributed by atoms with van der Waals surface area (Å²) in [5, 5.41) is 2.58. The quantitative estimate of drug-likeness (QED) is 0.836. The molecule has 3 rings (SSSR count). The molecular weight excluding hydrogens is 313 g/mol. The number of pyridine rings is 1. The van der Waals surface area contributed by atoms with Crippen molar-refractivity contribution < 1.29 is 18.8 Å². The zero-order chi connectivity index (χ0) is 17.1. The molecular formula is C17H14FN3O3. The van der Waals surface area contributed by atoms with E-state index in [1.807, 2.05) is 0 Å². The zero-order valence-electron chi connectivity index (χ0n) is 12.7. The maximum atomic E-state index is 13.5. The van der Waals surface area contributed by atoms with Gasteiger partial charge >= 0.3 is 0 Å². The minimum absolute atomic E-state index is 0.0571. The number of halogens is 1. The van der Waals surface area contributed by atoms with E-state index in [4.69, 9.17) is 0 Å². The largest absolute Gasteiger partial charge is 0.354 e. The van der Waals surface area contributed by atoms with Crippen LogP contribution in [-0.4, -0.2) is 40.7 Å². The second kappa shape index (κ2) is 6.57. The molecule has 0 saturated heterocycles. The summed E-state index contributed by atoms with van der Waals surface area (Å²) in [4.78, 5) is 40.9. The van der Waals surface area contributed by atoms with Crippen molar-refractivity contribution in [1.29, 1.82) is 0 Å². The molecule has 0 radical (unpaired) electrons. The Kier molecular flexibility index (Phi) is 4.33. The van der Waals surface area contributed by atoms with Crippen LogP contribution in [0.15, 0.2) is 42.6 Å². The number of amides is 3. The summed E-state index contributed by atoms with van der Waals surface area (Å²) in [6, 6.07) is 9.35. The molecule has 1 aliphatic rings. The van der Waals surface area contributed by atoms with Gasteiger partial charge in [0.25, 0.3) is 11.8 Å². The Morgan fingerprint density at radius 2 is 1.92 bits per heavy atom. The van der Waals surface area contributed by atoms with Gasteiger partial charge in [0.1, 0.15) is 18.1 Å². The number of benzene rings is 1.